The quantitative estimate of drug-likeness (QED) is 0.732. The van der Waals surface area contributed by atoms with Crippen molar-refractivity contribution in [2.24, 2.45) is 0 Å². The van der Waals surface area contributed by atoms with Crippen molar-refractivity contribution in [1.82, 2.24) is 4.98 Å². The lowest BCUT2D eigenvalue weighted by Gasteiger charge is -2.13. The van der Waals surface area contributed by atoms with E-state index in [-0.39, 0.29) is 0 Å². The normalized spacial score (nSPS) is 15.6. The highest BCUT2D eigenvalue weighted by molar-refractivity contribution is 5.49. The molecule has 4 nitrogen and oxygen atoms in total. The van der Waals surface area contributed by atoms with Gasteiger partial charge < -0.3 is 14.8 Å². The number of nitrogens with one attached hydrogen (secondary N) is 1. The molecule has 0 spiro atoms. The van der Waals surface area contributed by atoms with Gasteiger partial charge in [0.05, 0.1) is 19.3 Å². The molecule has 0 saturated heterocycles. The van der Waals surface area contributed by atoms with E-state index < -0.39 is 0 Å². The Kier molecular flexibility index (Phi) is 5.95. The van der Waals surface area contributed by atoms with Crippen LogP contribution in [0, 0.1) is 0 Å². The van der Waals surface area contributed by atoms with E-state index in [1.54, 1.807) is 6.20 Å². The number of rotatable bonds is 8. The Morgan fingerprint density at radius 2 is 2.16 bits per heavy atom. The van der Waals surface area contributed by atoms with Gasteiger partial charge >= 0.3 is 0 Å². The van der Waals surface area contributed by atoms with Crippen LogP contribution in [0.5, 0.6) is 5.75 Å². The van der Waals surface area contributed by atoms with Crippen LogP contribution in [-0.4, -0.2) is 30.8 Å². The third-order valence-corrected chi connectivity index (χ3v) is 3.28. The molecule has 0 atom stereocenters. The Morgan fingerprint density at radius 1 is 1.32 bits per heavy atom. The predicted octanol–water partition coefficient (Wildman–Crippen LogP) is 3.24. The van der Waals surface area contributed by atoms with E-state index in [0.717, 1.165) is 37.7 Å². The molecule has 0 aromatic carbocycles. The van der Waals surface area contributed by atoms with Gasteiger partial charge in [-0.1, -0.05) is 19.8 Å². The first-order valence-corrected chi connectivity index (χ1v) is 7.33. The molecule has 0 unspecified atom stereocenters. The first kappa shape index (κ1) is 14.1. The summed E-state index contributed by atoms with van der Waals surface area (Å²) in [5.74, 6) is 1.64. The van der Waals surface area contributed by atoms with Crippen molar-refractivity contribution in [3.8, 4) is 5.75 Å². The van der Waals surface area contributed by atoms with Crippen LogP contribution in [0.2, 0.25) is 0 Å². The van der Waals surface area contributed by atoms with Crippen molar-refractivity contribution in [2.75, 3.05) is 25.1 Å². The fraction of sp³-hybridized carbons (Fsp3) is 0.667. The van der Waals surface area contributed by atoms with Gasteiger partial charge in [0, 0.05) is 12.7 Å². The summed E-state index contributed by atoms with van der Waals surface area (Å²) in [6.45, 7) is 4.32. The van der Waals surface area contributed by atoms with Crippen LogP contribution in [-0.2, 0) is 4.74 Å². The Hall–Kier alpha value is -1.29. The zero-order chi connectivity index (χ0) is 13.3. The zero-order valence-corrected chi connectivity index (χ0v) is 11.7. The molecule has 0 radical (unpaired) electrons. The first-order chi connectivity index (χ1) is 9.40. The number of hydrogen-bond donors (Lipinski definition) is 1. The van der Waals surface area contributed by atoms with Gasteiger partial charge in [-0.2, -0.15) is 0 Å². The maximum absolute atomic E-state index is 5.81. The van der Waals surface area contributed by atoms with E-state index in [0.29, 0.717) is 6.10 Å². The van der Waals surface area contributed by atoms with E-state index >= 15 is 0 Å². The molecule has 1 aromatic heterocycles. The molecule has 106 valence electrons. The molecule has 1 aliphatic carbocycles. The third-order valence-electron chi connectivity index (χ3n) is 3.28. The van der Waals surface area contributed by atoms with E-state index in [9.17, 15) is 0 Å². The molecule has 1 aliphatic rings. The van der Waals surface area contributed by atoms with Crippen LogP contribution in [0.3, 0.4) is 0 Å². The minimum Gasteiger partial charge on any atom is -0.490 e. The minimum atomic E-state index is 0.473. The fourth-order valence-corrected chi connectivity index (χ4v) is 2.30. The Morgan fingerprint density at radius 3 is 2.95 bits per heavy atom. The Bertz CT molecular complexity index is 365. The van der Waals surface area contributed by atoms with Crippen molar-refractivity contribution in [2.45, 2.75) is 45.1 Å². The topological polar surface area (TPSA) is 43.4 Å². The lowest BCUT2D eigenvalue weighted by atomic mass is 10.3. The third kappa shape index (κ3) is 4.71. The minimum absolute atomic E-state index is 0.473. The first-order valence-electron chi connectivity index (χ1n) is 7.33. The second-order valence-electron chi connectivity index (χ2n) is 4.90. The van der Waals surface area contributed by atoms with Crippen LogP contribution in [0.4, 0.5) is 5.82 Å². The number of anilines is 1. The molecular formula is C15H24N2O2. The molecule has 1 aromatic rings. The van der Waals surface area contributed by atoms with Gasteiger partial charge in [-0.15, -0.1) is 0 Å². The van der Waals surface area contributed by atoms with Crippen molar-refractivity contribution in [3.63, 3.8) is 0 Å². The highest BCUT2D eigenvalue weighted by Crippen LogP contribution is 2.22. The largest absolute Gasteiger partial charge is 0.490 e. The van der Waals surface area contributed by atoms with Gasteiger partial charge in [0.15, 0.2) is 11.6 Å². The van der Waals surface area contributed by atoms with Crippen molar-refractivity contribution in [3.05, 3.63) is 18.3 Å². The van der Waals surface area contributed by atoms with Crippen LogP contribution in [0.25, 0.3) is 0 Å². The van der Waals surface area contributed by atoms with Crippen LogP contribution >= 0.6 is 0 Å². The lowest BCUT2D eigenvalue weighted by Crippen LogP contribution is -2.16. The highest BCUT2D eigenvalue weighted by Gasteiger charge is 2.14. The molecule has 1 heterocycles. The molecule has 19 heavy (non-hydrogen) atoms. The van der Waals surface area contributed by atoms with Crippen LogP contribution in [0.15, 0.2) is 18.3 Å². The monoisotopic (exact) mass is 264 g/mol. The predicted molar refractivity (Wildman–Crippen MR) is 76.7 cm³/mol. The molecule has 0 amide bonds. The maximum Gasteiger partial charge on any atom is 0.168 e. The fourth-order valence-electron chi connectivity index (χ4n) is 2.30. The summed E-state index contributed by atoms with van der Waals surface area (Å²) in [6.07, 6.45) is 8.31. The van der Waals surface area contributed by atoms with E-state index in [2.05, 4.69) is 17.2 Å². The summed E-state index contributed by atoms with van der Waals surface area (Å²) in [5.41, 5.74) is 0. The molecule has 1 N–H and O–H groups in total. The van der Waals surface area contributed by atoms with Gasteiger partial charge in [-0.3, -0.25) is 0 Å². The van der Waals surface area contributed by atoms with E-state index in [4.69, 9.17) is 9.47 Å². The number of hydrogen-bond acceptors (Lipinski definition) is 4. The number of aromatic nitrogens is 1. The Balaban J connectivity index is 1.72. The number of pyridine rings is 1. The second kappa shape index (κ2) is 8.00. The van der Waals surface area contributed by atoms with Crippen molar-refractivity contribution < 1.29 is 9.47 Å². The van der Waals surface area contributed by atoms with Gasteiger partial charge in [-0.25, -0.2) is 4.98 Å². The van der Waals surface area contributed by atoms with E-state index in [1.807, 2.05) is 12.1 Å². The molecule has 1 saturated carbocycles. The summed E-state index contributed by atoms with van der Waals surface area (Å²) in [5, 5.41) is 3.29. The summed E-state index contributed by atoms with van der Waals surface area (Å²) in [4.78, 5) is 4.31. The second-order valence-corrected chi connectivity index (χ2v) is 4.90. The maximum atomic E-state index is 5.81. The number of ether oxygens (including phenoxy) is 2. The lowest BCUT2D eigenvalue weighted by molar-refractivity contribution is 0.0658. The Labute approximate surface area is 115 Å². The van der Waals surface area contributed by atoms with E-state index in [1.165, 1.54) is 25.7 Å². The summed E-state index contributed by atoms with van der Waals surface area (Å²) in [7, 11) is 0. The van der Waals surface area contributed by atoms with Gasteiger partial charge in [0.2, 0.25) is 0 Å². The smallest absolute Gasteiger partial charge is 0.168 e. The zero-order valence-electron chi connectivity index (χ0n) is 11.7. The molecular weight excluding hydrogens is 240 g/mol. The van der Waals surface area contributed by atoms with Crippen molar-refractivity contribution >= 4 is 5.82 Å². The molecule has 1 fully saturated rings. The van der Waals surface area contributed by atoms with Gasteiger partial charge in [0.25, 0.3) is 0 Å². The standard InChI is InChI=1S/C15H24N2O2/c1-2-11-19-14-8-5-9-16-15(14)17-10-12-18-13-6-3-4-7-13/h5,8-9,13H,2-4,6-7,10-12H2,1H3,(H,16,17). The average molecular weight is 264 g/mol. The summed E-state index contributed by atoms with van der Waals surface area (Å²) < 4.78 is 11.5. The molecule has 0 bridgehead atoms. The van der Waals surface area contributed by atoms with Gasteiger partial charge in [-0.05, 0) is 31.4 Å². The van der Waals surface area contributed by atoms with Crippen LogP contribution < -0.4 is 10.1 Å². The average Bonchev–Trinajstić information content (AvgIpc) is 2.95. The molecule has 2 rings (SSSR count). The molecule has 4 heteroatoms. The summed E-state index contributed by atoms with van der Waals surface area (Å²) >= 11 is 0. The van der Waals surface area contributed by atoms with Crippen molar-refractivity contribution in [1.29, 1.82) is 0 Å². The highest BCUT2D eigenvalue weighted by atomic mass is 16.5. The summed E-state index contributed by atoms with van der Waals surface area (Å²) in [6, 6.07) is 3.84. The number of nitrogens with zero attached hydrogens (tertiary/aromatic N) is 1. The van der Waals surface area contributed by atoms with Gasteiger partial charge in [0.1, 0.15) is 0 Å². The van der Waals surface area contributed by atoms with Crippen LogP contribution in [0.1, 0.15) is 39.0 Å². The molecule has 0 aliphatic heterocycles. The SMILES string of the molecule is CCCOc1cccnc1NCCOC1CCCC1.